The summed E-state index contributed by atoms with van der Waals surface area (Å²) in [6, 6.07) is 16.7. The molecule has 2 aromatic carbocycles. The smallest absolute Gasteiger partial charge is 0.288 e. The molecule has 122 valence electrons. The van der Waals surface area contributed by atoms with Gasteiger partial charge >= 0.3 is 0 Å². The molecule has 0 bridgehead atoms. The highest BCUT2D eigenvalue weighted by molar-refractivity contribution is 7.71. The number of aromatic nitrogens is 2. The minimum atomic E-state index is 0.423. The molecule has 0 N–H and O–H groups in total. The summed E-state index contributed by atoms with van der Waals surface area (Å²) in [6.07, 6.45) is 1.06. The monoisotopic (exact) mass is 337 g/mol. The van der Waals surface area contributed by atoms with E-state index in [1.54, 1.807) is 4.68 Å². The molecule has 3 aromatic rings. The Kier molecular flexibility index (Phi) is 4.04. The molecule has 0 aliphatic carbocycles. The molecule has 0 unspecified atom stereocenters. The van der Waals surface area contributed by atoms with Crippen molar-refractivity contribution in [2.45, 2.75) is 26.6 Å². The normalized spacial score (nSPS) is 14.5. The molecule has 4 nitrogen and oxygen atoms in total. The molecule has 0 atom stereocenters. The van der Waals surface area contributed by atoms with E-state index in [1.165, 1.54) is 11.1 Å². The van der Waals surface area contributed by atoms with Crippen LogP contribution in [-0.4, -0.2) is 21.2 Å². The lowest BCUT2D eigenvalue weighted by Gasteiger charge is -2.28. The van der Waals surface area contributed by atoms with Gasteiger partial charge in [-0.15, -0.1) is 5.10 Å². The third-order valence-corrected chi connectivity index (χ3v) is 4.82. The average Bonchev–Trinajstić information content (AvgIpc) is 2.96. The number of benzene rings is 2. The first-order valence-corrected chi connectivity index (χ1v) is 8.54. The Bertz CT molecular complexity index is 928. The van der Waals surface area contributed by atoms with E-state index in [1.807, 2.05) is 18.2 Å². The summed E-state index contributed by atoms with van der Waals surface area (Å²) in [4.78, 5) is 2.77. The maximum atomic E-state index is 5.73. The van der Waals surface area contributed by atoms with Gasteiger partial charge in [-0.2, -0.15) is 0 Å². The van der Waals surface area contributed by atoms with Crippen LogP contribution in [0, 0.1) is 11.8 Å². The Labute approximate surface area is 146 Å². The summed E-state index contributed by atoms with van der Waals surface area (Å²) in [5.41, 5.74) is 4.95. The van der Waals surface area contributed by atoms with Gasteiger partial charge in [-0.3, -0.25) is 4.90 Å². The zero-order chi connectivity index (χ0) is 16.5. The van der Waals surface area contributed by atoms with Crippen molar-refractivity contribution < 1.29 is 4.42 Å². The molecule has 0 spiro atoms. The van der Waals surface area contributed by atoms with Crippen molar-refractivity contribution in [3.63, 3.8) is 0 Å². The summed E-state index contributed by atoms with van der Waals surface area (Å²) in [5.74, 6) is 0.593. The summed E-state index contributed by atoms with van der Waals surface area (Å²) in [6.45, 7) is 4.63. The molecule has 24 heavy (non-hydrogen) atoms. The van der Waals surface area contributed by atoms with Gasteiger partial charge in [0.1, 0.15) is 0 Å². The van der Waals surface area contributed by atoms with Crippen molar-refractivity contribution in [3.8, 4) is 11.5 Å². The van der Waals surface area contributed by atoms with Crippen LogP contribution >= 0.6 is 12.2 Å². The molecule has 0 radical (unpaired) electrons. The van der Waals surface area contributed by atoms with Crippen LogP contribution in [-0.2, 0) is 19.6 Å². The largest absolute Gasteiger partial charge is 0.409 e. The number of fused-ring (bicyclic) bond motifs is 1. The van der Waals surface area contributed by atoms with E-state index in [2.05, 4.69) is 47.3 Å². The third kappa shape index (κ3) is 2.92. The van der Waals surface area contributed by atoms with Crippen LogP contribution < -0.4 is 0 Å². The van der Waals surface area contributed by atoms with Gasteiger partial charge < -0.3 is 4.42 Å². The molecule has 4 rings (SSSR count). The van der Waals surface area contributed by atoms with Crippen LogP contribution in [0.4, 0.5) is 0 Å². The zero-order valence-corrected chi connectivity index (χ0v) is 14.4. The fraction of sp³-hybridized carbons (Fsp3) is 0.263. The highest BCUT2D eigenvalue weighted by Gasteiger charge is 2.18. The van der Waals surface area contributed by atoms with Gasteiger partial charge in [-0.1, -0.05) is 42.5 Å². The second-order valence-electron chi connectivity index (χ2n) is 6.20. The van der Waals surface area contributed by atoms with Crippen molar-refractivity contribution in [1.82, 2.24) is 14.7 Å². The first kappa shape index (κ1) is 15.3. The van der Waals surface area contributed by atoms with E-state index < -0.39 is 0 Å². The Morgan fingerprint density at radius 1 is 1.08 bits per heavy atom. The first-order chi connectivity index (χ1) is 11.7. The van der Waals surface area contributed by atoms with Crippen molar-refractivity contribution in [2.75, 3.05) is 6.54 Å². The Balaban J connectivity index is 1.56. The topological polar surface area (TPSA) is 34.2 Å². The third-order valence-electron chi connectivity index (χ3n) is 4.53. The number of aryl methyl sites for hydroxylation is 1. The maximum absolute atomic E-state index is 5.73. The van der Waals surface area contributed by atoms with Crippen molar-refractivity contribution in [2.24, 2.45) is 0 Å². The van der Waals surface area contributed by atoms with E-state index in [9.17, 15) is 0 Å². The van der Waals surface area contributed by atoms with Crippen LogP contribution in [0.1, 0.15) is 16.7 Å². The first-order valence-electron chi connectivity index (χ1n) is 8.14. The van der Waals surface area contributed by atoms with Gasteiger partial charge in [-0.05, 0) is 48.3 Å². The molecular formula is C19H19N3OS. The minimum Gasteiger partial charge on any atom is -0.409 e. The standard InChI is InChI=1S/C19H19N3OS/c1-14-6-2-5-9-17(14)18-20-22(19(24)23-18)13-21-11-10-15-7-3-4-8-16(15)12-21/h2-9H,10-13H2,1H3. The summed E-state index contributed by atoms with van der Waals surface area (Å²) in [5, 5.41) is 4.60. The van der Waals surface area contributed by atoms with E-state index in [0.717, 1.165) is 30.6 Å². The fourth-order valence-electron chi connectivity index (χ4n) is 3.18. The predicted octanol–water partition coefficient (Wildman–Crippen LogP) is 4.20. The van der Waals surface area contributed by atoms with E-state index >= 15 is 0 Å². The summed E-state index contributed by atoms with van der Waals surface area (Å²) >= 11 is 5.37. The maximum Gasteiger partial charge on any atom is 0.288 e. The molecule has 1 aliphatic heterocycles. The van der Waals surface area contributed by atoms with Gasteiger partial charge in [0.25, 0.3) is 4.84 Å². The molecule has 0 fully saturated rings. The lowest BCUT2D eigenvalue weighted by atomic mass is 10.0. The lowest BCUT2D eigenvalue weighted by molar-refractivity contribution is 0.186. The predicted molar refractivity (Wildman–Crippen MR) is 96.1 cm³/mol. The molecule has 1 aliphatic rings. The second-order valence-corrected chi connectivity index (χ2v) is 6.55. The summed E-state index contributed by atoms with van der Waals surface area (Å²) in [7, 11) is 0. The molecular weight excluding hydrogens is 318 g/mol. The van der Waals surface area contributed by atoms with Gasteiger partial charge in [0.15, 0.2) is 0 Å². The van der Waals surface area contributed by atoms with Gasteiger partial charge in [-0.25, -0.2) is 4.68 Å². The Morgan fingerprint density at radius 3 is 2.67 bits per heavy atom. The van der Waals surface area contributed by atoms with Crippen molar-refractivity contribution in [3.05, 3.63) is 70.1 Å². The van der Waals surface area contributed by atoms with Crippen LogP contribution in [0.25, 0.3) is 11.5 Å². The van der Waals surface area contributed by atoms with Crippen molar-refractivity contribution in [1.29, 1.82) is 0 Å². The van der Waals surface area contributed by atoms with Gasteiger partial charge in [0.2, 0.25) is 5.89 Å². The number of rotatable bonds is 3. The molecule has 5 heteroatoms. The lowest BCUT2D eigenvalue weighted by Crippen LogP contribution is -2.32. The molecule has 0 saturated heterocycles. The second kappa shape index (κ2) is 6.34. The number of nitrogens with zero attached hydrogens (tertiary/aromatic N) is 3. The Hall–Kier alpha value is -2.24. The number of hydrogen-bond acceptors (Lipinski definition) is 4. The van der Waals surface area contributed by atoms with Crippen LogP contribution in [0.5, 0.6) is 0 Å². The van der Waals surface area contributed by atoms with Crippen LogP contribution in [0.15, 0.2) is 52.9 Å². The number of hydrogen-bond donors (Lipinski definition) is 0. The Morgan fingerprint density at radius 2 is 1.83 bits per heavy atom. The highest BCUT2D eigenvalue weighted by Crippen LogP contribution is 2.23. The highest BCUT2D eigenvalue weighted by atomic mass is 32.1. The van der Waals surface area contributed by atoms with Crippen LogP contribution in [0.2, 0.25) is 0 Å². The quantitative estimate of drug-likeness (QED) is 0.671. The average molecular weight is 337 g/mol. The molecule has 0 saturated carbocycles. The zero-order valence-electron chi connectivity index (χ0n) is 13.6. The van der Waals surface area contributed by atoms with Crippen LogP contribution in [0.3, 0.4) is 0 Å². The fourth-order valence-corrected chi connectivity index (χ4v) is 3.36. The molecule has 2 heterocycles. The van der Waals surface area contributed by atoms with Crippen molar-refractivity contribution >= 4 is 12.2 Å². The minimum absolute atomic E-state index is 0.423. The van der Waals surface area contributed by atoms with E-state index in [-0.39, 0.29) is 0 Å². The van der Waals surface area contributed by atoms with E-state index in [4.69, 9.17) is 16.6 Å². The molecule has 0 amide bonds. The summed E-state index contributed by atoms with van der Waals surface area (Å²) < 4.78 is 7.52. The van der Waals surface area contributed by atoms with E-state index in [0.29, 0.717) is 17.4 Å². The van der Waals surface area contributed by atoms with Gasteiger partial charge in [0, 0.05) is 18.7 Å². The SMILES string of the molecule is Cc1ccccc1-c1nn(CN2CCc3ccccc3C2)c(=S)o1. The molecule has 1 aromatic heterocycles. The van der Waals surface area contributed by atoms with Gasteiger partial charge in [0.05, 0.1) is 6.67 Å².